The molecule has 3 aliphatic rings. The number of nitrogens with zero attached hydrogens (tertiary/aromatic N) is 1. The van der Waals surface area contributed by atoms with Crippen molar-refractivity contribution in [1.82, 2.24) is 4.90 Å². The molecule has 6 nitrogen and oxygen atoms in total. The highest BCUT2D eigenvalue weighted by Crippen LogP contribution is 2.28. The number of halogens is 2. The Balaban J connectivity index is 0.000000211. The monoisotopic (exact) mass is 399 g/mol. The maximum absolute atomic E-state index is 13.4. The molecule has 0 amide bonds. The number of rotatable bonds is 5. The van der Waals surface area contributed by atoms with Crippen molar-refractivity contribution in [1.29, 1.82) is 0 Å². The van der Waals surface area contributed by atoms with Crippen molar-refractivity contribution >= 4 is 5.97 Å². The first-order chi connectivity index (χ1) is 13.4. The van der Waals surface area contributed by atoms with Gasteiger partial charge in [-0.1, -0.05) is 6.07 Å². The van der Waals surface area contributed by atoms with Gasteiger partial charge in [0.1, 0.15) is 6.61 Å². The molecule has 0 spiro atoms. The van der Waals surface area contributed by atoms with Crippen LogP contribution in [0.4, 0.5) is 8.78 Å². The van der Waals surface area contributed by atoms with Crippen LogP contribution >= 0.6 is 0 Å². The van der Waals surface area contributed by atoms with E-state index in [0.29, 0.717) is 24.9 Å². The third kappa shape index (κ3) is 5.40. The summed E-state index contributed by atoms with van der Waals surface area (Å²) in [4.78, 5) is 12.5. The minimum absolute atomic E-state index is 0.0114. The fraction of sp³-hybridized carbons (Fsp3) is 0.650. The normalized spacial score (nSPS) is 29.2. The maximum atomic E-state index is 13.4. The van der Waals surface area contributed by atoms with Gasteiger partial charge in [-0.25, -0.2) is 9.18 Å². The zero-order valence-electron chi connectivity index (χ0n) is 16.0. The van der Waals surface area contributed by atoms with Crippen LogP contribution in [-0.2, 0) is 14.3 Å². The van der Waals surface area contributed by atoms with E-state index in [9.17, 15) is 13.6 Å². The summed E-state index contributed by atoms with van der Waals surface area (Å²) >= 11 is 0. The van der Waals surface area contributed by atoms with E-state index in [0.717, 1.165) is 45.3 Å². The molecule has 0 aliphatic carbocycles. The van der Waals surface area contributed by atoms with Crippen LogP contribution in [0.1, 0.15) is 19.8 Å². The van der Waals surface area contributed by atoms with Gasteiger partial charge in [0.05, 0.1) is 19.3 Å². The lowest BCUT2D eigenvalue weighted by atomic mass is 10.0. The molecule has 3 heterocycles. The molecule has 3 aliphatic heterocycles. The van der Waals surface area contributed by atoms with Crippen molar-refractivity contribution in [2.24, 2.45) is 11.8 Å². The highest BCUT2D eigenvalue weighted by molar-refractivity contribution is 5.72. The Bertz CT molecular complexity index is 662. The number of carboxylic acid groups (broad SMARTS) is 1. The van der Waals surface area contributed by atoms with E-state index in [2.05, 4.69) is 4.90 Å². The van der Waals surface area contributed by atoms with E-state index in [1.807, 2.05) is 6.92 Å². The molecular formula is C20H27F2NO5. The quantitative estimate of drug-likeness (QED) is 0.821. The van der Waals surface area contributed by atoms with Crippen molar-refractivity contribution in [3.05, 3.63) is 29.8 Å². The van der Waals surface area contributed by atoms with Crippen LogP contribution in [0, 0.1) is 23.5 Å². The number of benzene rings is 1. The van der Waals surface area contributed by atoms with Crippen molar-refractivity contribution in [3.63, 3.8) is 0 Å². The summed E-state index contributed by atoms with van der Waals surface area (Å²) in [6, 6.07) is 3.99. The van der Waals surface area contributed by atoms with Crippen LogP contribution in [0.25, 0.3) is 0 Å². The van der Waals surface area contributed by atoms with Crippen LogP contribution in [-0.4, -0.2) is 67.6 Å². The number of carboxylic acids is 1. The Labute approximate surface area is 163 Å². The molecule has 1 aromatic rings. The minimum atomic E-state index is -0.908. The molecule has 1 aromatic carbocycles. The predicted octanol–water partition coefficient (Wildman–Crippen LogP) is 2.56. The molecule has 4 rings (SSSR count). The highest BCUT2D eigenvalue weighted by atomic mass is 19.2. The van der Waals surface area contributed by atoms with Gasteiger partial charge in [0.2, 0.25) is 5.82 Å². The first-order valence-corrected chi connectivity index (χ1v) is 9.69. The van der Waals surface area contributed by atoms with Gasteiger partial charge in [0.25, 0.3) is 0 Å². The second kappa shape index (κ2) is 9.62. The summed E-state index contributed by atoms with van der Waals surface area (Å²) in [5.41, 5.74) is 0. The van der Waals surface area contributed by atoms with Gasteiger partial charge in [0, 0.05) is 31.5 Å². The van der Waals surface area contributed by atoms with E-state index in [1.165, 1.54) is 12.1 Å². The average molecular weight is 399 g/mol. The van der Waals surface area contributed by atoms with Gasteiger partial charge in [-0.05, 0) is 31.9 Å². The summed E-state index contributed by atoms with van der Waals surface area (Å²) in [5, 5.41) is 8.41. The van der Waals surface area contributed by atoms with E-state index < -0.39 is 23.7 Å². The summed E-state index contributed by atoms with van der Waals surface area (Å²) < 4.78 is 42.1. The second-order valence-electron chi connectivity index (χ2n) is 7.57. The number of hydrogen-bond acceptors (Lipinski definition) is 5. The van der Waals surface area contributed by atoms with E-state index >= 15 is 0 Å². The lowest BCUT2D eigenvalue weighted by Gasteiger charge is -2.17. The van der Waals surface area contributed by atoms with Crippen LogP contribution in [0.3, 0.4) is 0 Å². The third-order valence-corrected chi connectivity index (χ3v) is 5.40. The molecule has 0 saturated carbocycles. The van der Waals surface area contributed by atoms with Crippen LogP contribution in [0.15, 0.2) is 18.2 Å². The second-order valence-corrected chi connectivity index (χ2v) is 7.57. The number of ether oxygens (including phenoxy) is 3. The molecule has 0 aromatic heterocycles. The number of fused-ring (bicyclic) bond motifs is 1. The first kappa shape index (κ1) is 21.0. The van der Waals surface area contributed by atoms with Crippen LogP contribution in [0.2, 0.25) is 0 Å². The number of carbonyl (C=O) groups is 1. The van der Waals surface area contributed by atoms with Gasteiger partial charge in [-0.3, -0.25) is 4.90 Å². The first-order valence-electron chi connectivity index (χ1n) is 9.69. The Morgan fingerprint density at radius 1 is 1.25 bits per heavy atom. The van der Waals surface area contributed by atoms with Crippen molar-refractivity contribution < 1.29 is 32.9 Å². The topological polar surface area (TPSA) is 68.2 Å². The fourth-order valence-corrected chi connectivity index (χ4v) is 3.83. The molecule has 3 saturated heterocycles. The third-order valence-electron chi connectivity index (χ3n) is 5.40. The van der Waals surface area contributed by atoms with Crippen LogP contribution < -0.4 is 4.74 Å². The molecule has 28 heavy (non-hydrogen) atoms. The molecule has 0 bridgehead atoms. The van der Waals surface area contributed by atoms with Crippen molar-refractivity contribution in [2.45, 2.75) is 32.0 Å². The Kier molecular flexibility index (Phi) is 7.20. The Morgan fingerprint density at radius 2 is 1.96 bits per heavy atom. The van der Waals surface area contributed by atoms with E-state index in [-0.39, 0.29) is 11.9 Å². The van der Waals surface area contributed by atoms with Gasteiger partial charge in [-0.2, -0.15) is 4.39 Å². The predicted molar refractivity (Wildman–Crippen MR) is 97.3 cm³/mol. The number of likely N-dealkylation sites (tertiary alicyclic amines) is 1. The van der Waals surface area contributed by atoms with Gasteiger partial charge in [-0.15, -0.1) is 0 Å². The molecule has 3 fully saturated rings. The lowest BCUT2D eigenvalue weighted by Crippen LogP contribution is -2.28. The molecule has 156 valence electrons. The van der Waals surface area contributed by atoms with E-state index in [4.69, 9.17) is 19.3 Å². The van der Waals surface area contributed by atoms with Gasteiger partial charge >= 0.3 is 5.97 Å². The Hall–Kier alpha value is -1.77. The molecular weight excluding hydrogens is 372 g/mol. The summed E-state index contributed by atoms with van der Waals surface area (Å²) in [5.74, 6) is -1.36. The molecule has 0 radical (unpaired) electrons. The van der Waals surface area contributed by atoms with Gasteiger partial charge in [0.15, 0.2) is 17.7 Å². The zero-order valence-corrected chi connectivity index (χ0v) is 16.0. The standard InChI is InChI=1S/C14H17F2NO2.C6H10O3/c15-12-2-1-3-13(14(12)16)19-5-4-17-6-10-8-18-9-11(10)7-17;1-4-2-3-5(9-4)6(7)8/h1-3,10-11H,4-9H2;4-5H,2-3H2,1H3,(H,7,8). The molecule has 4 unspecified atom stereocenters. The van der Waals surface area contributed by atoms with Gasteiger partial charge < -0.3 is 19.3 Å². The zero-order chi connectivity index (χ0) is 20.1. The number of hydrogen-bond donors (Lipinski definition) is 1. The SMILES string of the molecule is CC1CCC(C(=O)O)O1.Fc1cccc(OCCN2CC3COCC3C2)c1F. The summed E-state index contributed by atoms with van der Waals surface area (Å²) in [6.45, 7) is 6.73. The number of aliphatic carboxylic acids is 1. The lowest BCUT2D eigenvalue weighted by molar-refractivity contribution is -0.149. The minimum Gasteiger partial charge on any atom is -0.489 e. The summed E-state index contributed by atoms with van der Waals surface area (Å²) in [6.07, 6.45) is 1.12. The smallest absolute Gasteiger partial charge is 0.332 e. The molecule has 8 heteroatoms. The van der Waals surface area contributed by atoms with Crippen LogP contribution in [0.5, 0.6) is 5.75 Å². The van der Waals surface area contributed by atoms with Crippen molar-refractivity contribution in [3.8, 4) is 5.75 Å². The Morgan fingerprint density at radius 3 is 2.54 bits per heavy atom. The highest BCUT2D eigenvalue weighted by Gasteiger charge is 2.36. The molecule has 1 N–H and O–H groups in total. The fourth-order valence-electron chi connectivity index (χ4n) is 3.83. The summed E-state index contributed by atoms with van der Waals surface area (Å²) in [7, 11) is 0. The van der Waals surface area contributed by atoms with Crippen molar-refractivity contribution in [2.75, 3.05) is 39.5 Å². The molecule has 4 atom stereocenters. The average Bonchev–Trinajstić information content (AvgIpc) is 3.35. The largest absolute Gasteiger partial charge is 0.489 e. The van der Waals surface area contributed by atoms with E-state index in [1.54, 1.807) is 0 Å². The maximum Gasteiger partial charge on any atom is 0.332 e.